The summed E-state index contributed by atoms with van der Waals surface area (Å²) in [7, 11) is 3.33. The molecule has 2 rings (SSSR count). The van der Waals surface area contributed by atoms with Crippen LogP contribution < -0.4 is 14.8 Å². The van der Waals surface area contributed by atoms with Crippen LogP contribution in [0, 0.1) is 6.92 Å². The average molecular weight is 237 g/mol. The first-order valence-corrected chi connectivity index (χ1v) is 5.81. The zero-order valence-corrected chi connectivity index (χ0v) is 10.6. The summed E-state index contributed by atoms with van der Waals surface area (Å²) in [6.07, 6.45) is 0.0766. The van der Waals surface area contributed by atoms with Gasteiger partial charge in [0.2, 0.25) is 0 Å². The van der Waals surface area contributed by atoms with Gasteiger partial charge in [0, 0.05) is 19.2 Å². The van der Waals surface area contributed by atoms with Crippen LogP contribution in [0.5, 0.6) is 11.5 Å². The van der Waals surface area contributed by atoms with Gasteiger partial charge in [-0.05, 0) is 24.1 Å². The lowest BCUT2D eigenvalue weighted by Gasteiger charge is -2.26. The van der Waals surface area contributed by atoms with E-state index in [9.17, 15) is 0 Å². The summed E-state index contributed by atoms with van der Waals surface area (Å²) in [4.78, 5) is 0. The SMILES string of the molecule is COc1cc(OC)c(C)c(C2CNCCO2)c1. The van der Waals surface area contributed by atoms with E-state index in [0.717, 1.165) is 42.3 Å². The second-order valence-corrected chi connectivity index (χ2v) is 4.11. The van der Waals surface area contributed by atoms with Crippen LogP contribution in [0.2, 0.25) is 0 Å². The highest BCUT2D eigenvalue weighted by Crippen LogP contribution is 2.33. The Kier molecular flexibility index (Phi) is 3.86. The minimum Gasteiger partial charge on any atom is -0.497 e. The van der Waals surface area contributed by atoms with E-state index in [2.05, 4.69) is 5.32 Å². The van der Waals surface area contributed by atoms with Gasteiger partial charge in [0.05, 0.1) is 26.9 Å². The topological polar surface area (TPSA) is 39.7 Å². The summed E-state index contributed by atoms with van der Waals surface area (Å²) in [6.45, 7) is 4.53. The molecule has 1 heterocycles. The van der Waals surface area contributed by atoms with Gasteiger partial charge < -0.3 is 19.5 Å². The highest BCUT2D eigenvalue weighted by molar-refractivity contribution is 5.47. The van der Waals surface area contributed by atoms with Gasteiger partial charge in [0.15, 0.2) is 0 Å². The summed E-state index contributed by atoms with van der Waals surface area (Å²) in [6, 6.07) is 3.92. The van der Waals surface area contributed by atoms with E-state index in [4.69, 9.17) is 14.2 Å². The Hall–Kier alpha value is -1.26. The molecule has 1 saturated heterocycles. The number of nitrogens with one attached hydrogen (secondary N) is 1. The van der Waals surface area contributed by atoms with Crippen molar-refractivity contribution >= 4 is 0 Å². The van der Waals surface area contributed by atoms with Crippen molar-refractivity contribution in [3.8, 4) is 11.5 Å². The van der Waals surface area contributed by atoms with Crippen LogP contribution in [0.15, 0.2) is 12.1 Å². The smallest absolute Gasteiger partial charge is 0.125 e. The lowest BCUT2D eigenvalue weighted by Crippen LogP contribution is -2.33. The molecule has 94 valence electrons. The molecule has 1 unspecified atom stereocenters. The van der Waals surface area contributed by atoms with Crippen molar-refractivity contribution in [2.75, 3.05) is 33.9 Å². The van der Waals surface area contributed by atoms with Gasteiger partial charge >= 0.3 is 0 Å². The van der Waals surface area contributed by atoms with E-state index in [0.29, 0.717) is 0 Å². The molecule has 0 spiro atoms. The standard InChI is InChI=1S/C13H19NO3/c1-9-11(13-8-14-4-5-17-13)6-10(15-2)7-12(9)16-3/h6-7,13-14H,4-5,8H2,1-3H3. The first kappa shape index (κ1) is 12.2. The molecule has 1 atom stereocenters. The molecule has 17 heavy (non-hydrogen) atoms. The number of hydrogen-bond acceptors (Lipinski definition) is 4. The quantitative estimate of drug-likeness (QED) is 0.868. The molecule has 1 N–H and O–H groups in total. The second kappa shape index (κ2) is 5.38. The molecular formula is C13H19NO3. The molecule has 0 saturated carbocycles. The Balaban J connectivity index is 2.36. The molecule has 0 radical (unpaired) electrons. The van der Waals surface area contributed by atoms with E-state index >= 15 is 0 Å². The van der Waals surface area contributed by atoms with Crippen molar-refractivity contribution in [1.29, 1.82) is 0 Å². The molecule has 0 aliphatic carbocycles. The van der Waals surface area contributed by atoms with Gasteiger partial charge in [-0.2, -0.15) is 0 Å². The Morgan fingerprint density at radius 2 is 2.12 bits per heavy atom. The van der Waals surface area contributed by atoms with Crippen LogP contribution >= 0.6 is 0 Å². The van der Waals surface area contributed by atoms with Crippen LogP contribution in [0.1, 0.15) is 17.2 Å². The number of rotatable bonds is 3. The van der Waals surface area contributed by atoms with E-state index in [1.54, 1.807) is 14.2 Å². The number of morpholine rings is 1. The van der Waals surface area contributed by atoms with E-state index < -0.39 is 0 Å². The Bertz CT molecular complexity index is 386. The maximum absolute atomic E-state index is 5.77. The van der Waals surface area contributed by atoms with Gasteiger partial charge in [-0.1, -0.05) is 0 Å². The van der Waals surface area contributed by atoms with E-state index in [1.807, 2.05) is 19.1 Å². The normalized spacial score (nSPS) is 20.1. The van der Waals surface area contributed by atoms with Crippen LogP contribution in [-0.2, 0) is 4.74 Å². The van der Waals surface area contributed by atoms with Crippen LogP contribution in [-0.4, -0.2) is 33.9 Å². The third kappa shape index (κ3) is 2.53. The average Bonchev–Trinajstić information content (AvgIpc) is 2.40. The highest BCUT2D eigenvalue weighted by Gasteiger charge is 2.20. The van der Waals surface area contributed by atoms with Crippen LogP contribution in [0.3, 0.4) is 0 Å². The molecule has 0 bridgehead atoms. The predicted octanol–water partition coefficient (Wildman–Crippen LogP) is 1.67. The minimum atomic E-state index is 0.0766. The zero-order chi connectivity index (χ0) is 12.3. The van der Waals surface area contributed by atoms with Crippen LogP contribution in [0.25, 0.3) is 0 Å². The molecule has 1 aromatic rings. The summed E-state index contributed by atoms with van der Waals surface area (Å²) in [5.41, 5.74) is 2.25. The third-order valence-electron chi connectivity index (χ3n) is 3.10. The van der Waals surface area contributed by atoms with Gasteiger partial charge in [-0.15, -0.1) is 0 Å². The fraction of sp³-hybridized carbons (Fsp3) is 0.538. The third-order valence-corrected chi connectivity index (χ3v) is 3.10. The Labute approximate surface area is 102 Å². The molecule has 0 aromatic heterocycles. The summed E-state index contributed by atoms with van der Waals surface area (Å²) in [5.74, 6) is 1.64. The minimum absolute atomic E-state index is 0.0766. The zero-order valence-electron chi connectivity index (χ0n) is 10.6. The van der Waals surface area contributed by atoms with E-state index in [1.165, 1.54) is 0 Å². The molecule has 1 aliphatic rings. The van der Waals surface area contributed by atoms with Crippen LogP contribution in [0.4, 0.5) is 0 Å². The van der Waals surface area contributed by atoms with Crippen molar-refractivity contribution in [3.05, 3.63) is 23.3 Å². The monoisotopic (exact) mass is 237 g/mol. The summed E-state index contributed by atoms with van der Waals surface area (Å²) < 4.78 is 16.4. The lowest BCUT2D eigenvalue weighted by molar-refractivity contribution is 0.0270. The van der Waals surface area contributed by atoms with Gasteiger partial charge in [0.25, 0.3) is 0 Å². The molecule has 4 heteroatoms. The first-order valence-electron chi connectivity index (χ1n) is 5.81. The van der Waals surface area contributed by atoms with Gasteiger partial charge in [-0.25, -0.2) is 0 Å². The fourth-order valence-electron chi connectivity index (χ4n) is 2.11. The maximum atomic E-state index is 5.77. The number of benzene rings is 1. The van der Waals surface area contributed by atoms with Gasteiger partial charge in [0.1, 0.15) is 11.5 Å². The molecule has 4 nitrogen and oxygen atoms in total. The Morgan fingerprint density at radius 3 is 2.71 bits per heavy atom. The molecule has 1 aliphatic heterocycles. The van der Waals surface area contributed by atoms with Crippen molar-refractivity contribution in [2.45, 2.75) is 13.0 Å². The van der Waals surface area contributed by atoms with Crippen molar-refractivity contribution in [1.82, 2.24) is 5.32 Å². The maximum Gasteiger partial charge on any atom is 0.125 e. The molecule has 1 aromatic carbocycles. The molecule has 1 fully saturated rings. The largest absolute Gasteiger partial charge is 0.497 e. The van der Waals surface area contributed by atoms with Crippen molar-refractivity contribution in [2.24, 2.45) is 0 Å². The van der Waals surface area contributed by atoms with Crippen molar-refractivity contribution < 1.29 is 14.2 Å². The Morgan fingerprint density at radius 1 is 1.29 bits per heavy atom. The lowest BCUT2D eigenvalue weighted by atomic mass is 10.0. The first-order chi connectivity index (χ1) is 8.26. The fourth-order valence-corrected chi connectivity index (χ4v) is 2.11. The summed E-state index contributed by atoms with van der Waals surface area (Å²) >= 11 is 0. The summed E-state index contributed by atoms with van der Waals surface area (Å²) in [5, 5.41) is 3.33. The number of methoxy groups -OCH3 is 2. The predicted molar refractivity (Wildman–Crippen MR) is 65.8 cm³/mol. The van der Waals surface area contributed by atoms with Gasteiger partial charge in [-0.3, -0.25) is 0 Å². The molecule has 0 amide bonds. The number of ether oxygens (including phenoxy) is 3. The van der Waals surface area contributed by atoms with Crippen molar-refractivity contribution in [3.63, 3.8) is 0 Å². The molecular weight excluding hydrogens is 218 g/mol. The highest BCUT2D eigenvalue weighted by atomic mass is 16.5. The number of hydrogen-bond donors (Lipinski definition) is 1. The van der Waals surface area contributed by atoms with E-state index in [-0.39, 0.29) is 6.10 Å². The second-order valence-electron chi connectivity index (χ2n) is 4.11.